The maximum atomic E-state index is 13.6. The molecule has 0 unspecified atom stereocenters. The van der Waals surface area contributed by atoms with Gasteiger partial charge >= 0.3 is 12.1 Å². The fraction of sp³-hybridized carbons (Fsp3) is 0.364. The van der Waals surface area contributed by atoms with E-state index in [1.165, 1.54) is 68.5 Å². The lowest BCUT2D eigenvalue weighted by atomic mass is 10.1. The number of carboxylic acid groups (broad SMARTS) is 1. The van der Waals surface area contributed by atoms with Gasteiger partial charge in [-0.15, -0.1) is 0 Å². The van der Waals surface area contributed by atoms with Gasteiger partial charge in [0.05, 0.1) is 0 Å². The van der Waals surface area contributed by atoms with Crippen LogP contribution >= 0.6 is 0 Å². The van der Waals surface area contributed by atoms with Crippen LogP contribution in [0.3, 0.4) is 0 Å². The Kier molecular flexibility index (Phi) is 7.52. The zero-order valence-corrected chi connectivity index (χ0v) is 19.8. The Balaban J connectivity index is 1.92. The average Bonchev–Trinajstić information content (AvgIpc) is 3.31. The second-order valence-electron chi connectivity index (χ2n) is 7.92. The molecule has 0 spiro atoms. The molecule has 1 saturated heterocycles. The lowest BCUT2D eigenvalue weighted by Gasteiger charge is -2.32. The summed E-state index contributed by atoms with van der Waals surface area (Å²) in [5, 5.41) is 9.45. The van der Waals surface area contributed by atoms with Crippen molar-refractivity contribution in [3.05, 3.63) is 48.7 Å². The molecule has 1 aliphatic rings. The summed E-state index contributed by atoms with van der Waals surface area (Å²) in [7, 11) is -1.01. The Labute approximate surface area is 197 Å². The van der Waals surface area contributed by atoms with Gasteiger partial charge in [-0.3, -0.25) is 9.69 Å². The van der Waals surface area contributed by atoms with Crippen molar-refractivity contribution in [2.75, 3.05) is 25.5 Å². The molecule has 2 heterocycles. The van der Waals surface area contributed by atoms with E-state index in [1.54, 1.807) is 6.07 Å². The highest BCUT2D eigenvalue weighted by molar-refractivity contribution is 7.89. The van der Waals surface area contributed by atoms with Crippen LogP contribution in [0.4, 0.5) is 10.5 Å². The van der Waals surface area contributed by atoms with Crippen LogP contribution in [0.5, 0.6) is 5.75 Å². The van der Waals surface area contributed by atoms with Gasteiger partial charge < -0.3 is 14.7 Å². The number of hydrogen-bond donors (Lipinski definition) is 1. The quantitative estimate of drug-likeness (QED) is 0.620. The fourth-order valence-electron chi connectivity index (χ4n) is 3.57. The van der Waals surface area contributed by atoms with Crippen molar-refractivity contribution in [1.29, 1.82) is 0 Å². The third-order valence-electron chi connectivity index (χ3n) is 5.37. The minimum absolute atomic E-state index is 0.115. The van der Waals surface area contributed by atoms with Crippen LogP contribution in [0.25, 0.3) is 0 Å². The van der Waals surface area contributed by atoms with Gasteiger partial charge in [-0.25, -0.2) is 23.0 Å². The van der Waals surface area contributed by atoms with Crippen LogP contribution < -0.4 is 9.64 Å². The maximum Gasteiger partial charge on any atom is 0.414 e. The van der Waals surface area contributed by atoms with Crippen LogP contribution in [-0.2, 0) is 19.6 Å². The fourth-order valence-corrected chi connectivity index (χ4v) is 5.16. The minimum atomic E-state index is -4.06. The topological polar surface area (TPSA) is 137 Å². The van der Waals surface area contributed by atoms with Crippen molar-refractivity contribution < 1.29 is 32.6 Å². The Bertz CT molecular complexity index is 1150. The van der Waals surface area contributed by atoms with Crippen molar-refractivity contribution in [1.82, 2.24) is 14.2 Å². The predicted molar refractivity (Wildman–Crippen MR) is 122 cm³/mol. The number of pyridine rings is 1. The third-order valence-corrected chi connectivity index (χ3v) is 7.19. The summed E-state index contributed by atoms with van der Waals surface area (Å²) < 4.78 is 32.5. The number of benzene rings is 1. The van der Waals surface area contributed by atoms with E-state index in [9.17, 15) is 27.9 Å². The molecule has 0 saturated carbocycles. The molecule has 2 amide bonds. The largest absolute Gasteiger partial charge is 0.480 e. The van der Waals surface area contributed by atoms with Gasteiger partial charge in [0.1, 0.15) is 17.8 Å². The number of carboxylic acids is 1. The summed E-state index contributed by atoms with van der Waals surface area (Å²) in [6.45, 7) is 1.46. The van der Waals surface area contributed by atoms with Crippen molar-refractivity contribution in [2.24, 2.45) is 0 Å². The number of carbonyl (C=O) groups excluding carboxylic acids is 2. The molecule has 2 atom stereocenters. The van der Waals surface area contributed by atoms with Crippen LogP contribution in [0.2, 0.25) is 0 Å². The molecule has 0 bridgehead atoms. The highest BCUT2D eigenvalue weighted by Gasteiger charge is 2.43. The molecule has 0 radical (unpaired) electrons. The number of amides is 2. The van der Waals surface area contributed by atoms with Gasteiger partial charge in [-0.2, -0.15) is 4.31 Å². The van der Waals surface area contributed by atoms with Crippen molar-refractivity contribution >= 4 is 33.7 Å². The first kappa shape index (κ1) is 25.1. The van der Waals surface area contributed by atoms with Crippen molar-refractivity contribution in [3.63, 3.8) is 0 Å². The standard InChI is InChI=1S/C22H26N4O7S/c1-15(21(28)29)26(16-9-11-17(12-10-16)33-22(30)24(2)3)20(27)18-7-6-14-25(18)34(31,32)19-8-4-5-13-23-19/h4-5,8-13,15,18H,6-7,14H2,1-3H3,(H,28,29)/t15-,18-/m0/s1. The molecule has 0 aliphatic carbocycles. The van der Waals surface area contributed by atoms with E-state index in [-0.39, 0.29) is 29.4 Å². The van der Waals surface area contributed by atoms with Gasteiger partial charge in [0.25, 0.3) is 10.0 Å². The second-order valence-corrected chi connectivity index (χ2v) is 9.76. The summed E-state index contributed by atoms with van der Waals surface area (Å²) in [6, 6.07) is 7.87. The molecule has 1 N–H and O–H groups in total. The number of sulfonamides is 1. The van der Waals surface area contributed by atoms with E-state index in [0.717, 1.165) is 9.21 Å². The van der Waals surface area contributed by atoms with E-state index in [2.05, 4.69) is 4.98 Å². The molecule has 12 heteroatoms. The normalized spacial score (nSPS) is 17.1. The highest BCUT2D eigenvalue weighted by Crippen LogP contribution is 2.30. The zero-order valence-electron chi connectivity index (χ0n) is 19.0. The number of anilines is 1. The first-order valence-electron chi connectivity index (χ1n) is 10.5. The first-order chi connectivity index (χ1) is 16.0. The Morgan fingerprint density at radius 1 is 1.15 bits per heavy atom. The molecule has 182 valence electrons. The molecule has 34 heavy (non-hydrogen) atoms. The number of aromatic nitrogens is 1. The number of aliphatic carboxylic acids is 1. The number of hydrogen-bond acceptors (Lipinski definition) is 7. The van der Waals surface area contributed by atoms with Gasteiger partial charge in [-0.05, 0) is 56.2 Å². The Hall–Kier alpha value is -3.51. The summed E-state index contributed by atoms with van der Waals surface area (Å²) in [6.07, 6.45) is 1.44. The minimum Gasteiger partial charge on any atom is -0.480 e. The zero-order chi connectivity index (χ0) is 25.0. The molecule has 1 aromatic heterocycles. The molecule has 11 nitrogen and oxygen atoms in total. The van der Waals surface area contributed by atoms with E-state index in [0.29, 0.717) is 6.42 Å². The van der Waals surface area contributed by atoms with Gasteiger partial charge in [0.15, 0.2) is 5.03 Å². The predicted octanol–water partition coefficient (Wildman–Crippen LogP) is 1.80. The van der Waals surface area contributed by atoms with Crippen LogP contribution in [0.15, 0.2) is 53.7 Å². The molecular weight excluding hydrogens is 464 g/mol. The summed E-state index contributed by atoms with van der Waals surface area (Å²) >= 11 is 0. The third kappa shape index (κ3) is 5.18. The van der Waals surface area contributed by atoms with E-state index in [1.807, 2.05) is 0 Å². The van der Waals surface area contributed by atoms with E-state index >= 15 is 0 Å². The van der Waals surface area contributed by atoms with Crippen molar-refractivity contribution in [2.45, 2.75) is 36.9 Å². The summed E-state index contributed by atoms with van der Waals surface area (Å²) in [5.74, 6) is -1.71. The smallest absolute Gasteiger partial charge is 0.414 e. The number of nitrogens with zero attached hydrogens (tertiary/aromatic N) is 4. The monoisotopic (exact) mass is 490 g/mol. The van der Waals surface area contributed by atoms with E-state index < -0.39 is 40.1 Å². The number of carbonyl (C=O) groups is 3. The maximum absolute atomic E-state index is 13.6. The van der Waals surface area contributed by atoms with Crippen LogP contribution in [0, 0.1) is 0 Å². The lowest BCUT2D eigenvalue weighted by molar-refractivity contribution is -0.140. The summed E-state index contributed by atoms with van der Waals surface area (Å²) in [4.78, 5) is 43.3. The first-order valence-corrected chi connectivity index (χ1v) is 12.0. The molecule has 1 aromatic carbocycles. The van der Waals surface area contributed by atoms with Crippen molar-refractivity contribution in [3.8, 4) is 5.75 Å². The highest BCUT2D eigenvalue weighted by atomic mass is 32.2. The average molecular weight is 491 g/mol. The van der Waals surface area contributed by atoms with Crippen LogP contribution in [0.1, 0.15) is 19.8 Å². The Morgan fingerprint density at radius 2 is 1.82 bits per heavy atom. The lowest BCUT2D eigenvalue weighted by Crippen LogP contribution is -2.52. The Morgan fingerprint density at radius 3 is 2.38 bits per heavy atom. The number of ether oxygens (including phenoxy) is 1. The molecule has 3 rings (SSSR count). The van der Waals surface area contributed by atoms with Gasteiger partial charge in [0.2, 0.25) is 5.91 Å². The molecular formula is C22H26N4O7S. The molecule has 1 fully saturated rings. The number of rotatable bonds is 7. The summed E-state index contributed by atoms with van der Waals surface area (Å²) in [5.41, 5.74) is 0.228. The SMILES string of the molecule is C[C@@H](C(=O)O)N(C(=O)[C@@H]1CCCN1S(=O)(=O)c1ccccn1)c1ccc(OC(=O)N(C)C)cc1. The van der Waals surface area contributed by atoms with Gasteiger partial charge in [0, 0.05) is 32.5 Å². The molecule has 1 aliphatic heterocycles. The van der Waals surface area contributed by atoms with Gasteiger partial charge in [-0.1, -0.05) is 6.07 Å². The van der Waals surface area contributed by atoms with E-state index in [4.69, 9.17) is 4.74 Å². The van der Waals surface area contributed by atoms with Crippen LogP contribution in [-0.4, -0.2) is 78.4 Å². The molecule has 2 aromatic rings. The second kappa shape index (κ2) is 10.2.